The summed E-state index contributed by atoms with van der Waals surface area (Å²) >= 11 is 0. The Morgan fingerprint density at radius 2 is 1.23 bits per heavy atom. The number of benzene rings is 4. The van der Waals surface area contributed by atoms with Gasteiger partial charge >= 0.3 is 0 Å². The SMILES string of the molecule is CCc1ccc2ccc3c(-c4cccc(-c5nc(-c6ccccc6)c6ccccc6n5)c4)cc(CC)nc3c2n1. The highest BCUT2D eigenvalue weighted by Gasteiger charge is 2.15. The normalized spacial score (nSPS) is 11.4. The van der Waals surface area contributed by atoms with Crippen LogP contribution >= 0.6 is 0 Å². The van der Waals surface area contributed by atoms with Crippen molar-refractivity contribution < 1.29 is 0 Å². The lowest BCUT2D eigenvalue weighted by atomic mass is 9.96. The molecule has 0 radical (unpaired) electrons. The van der Waals surface area contributed by atoms with Gasteiger partial charge in [-0.25, -0.2) is 9.97 Å². The maximum absolute atomic E-state index is 5.10. The fraction of sp³-hybridized carbons (Fsp3) is 0.111. The van der Waals surface area contributed by atoms with Gasteiger partial charge in [-0.05, 0) is 48.2 Å². The van der Waals surface area contributed by atoms with Crippen molar-refractivity contribution in [2.75, 3.05) is 0 Å². The molecule has 4 heteroatoms. The van der Waals surface area contributed by atoms with Gasteiger partial charge in [0.25, 0.3) is 0 Å². The van der Waals surface area contributed by atoms with E-state index in [-0.39, 0.29) is 0 Å². The summed E-state index contributed by atoms with van der Waals surface area (Å²) in [7, 11) is 0. The maximum Gasteiger partial charge on any atom is 0.160 e. The Bertz CT molecular complexity index is 2030. The van der Waals surface area contributed by atoms with Gasteiger partial charge < -0.3 is 0 Å². The second-order valence-corrected chi connectivity index (χ2v) is 10.1. The number of hydrogen-bond donors (Lipinski definition) is 0. The van der Waals surface area contributed by atoms with Crippen molar-refractivity contribution in [2.45, 2.75) is 26.7 Å². The predicted molar refractivity (Wildman–Crippen MR) is 165 cm³/mol. The lowest BCUT2D eigenvalue weighted by Gasteiger charge is -2.13. The minimum atomic E-state index is 0.716. The fourth-order valence-electron chi connectivity index (χ4n) is 5.43. The van der Waals surface area contributed by atoms with E-state index in [0.717, 1.165) is 84.9 Å². The fourth-order valence-corrected chi connectivity index (χ4v) is 5.43. The van der Waals surface area contributed by atoms with Crippen LogP contribution in [0.2, 0.25) is 0 Å². The first-order valence-electron chi connectivity index (χ1n) is 13.9. The second-order valence-electron chi connectivity index (χ2n) is 10.1. The van der Waals surface area contributed by atoms with Gasteiger partial charge in [-0.1, -0.05) is 98.8 Å². The summed E-state index contributed by atoms with van der Waals surface area (Å²) in [6.07, 6.45) is 1.74. The third-order valence-electron chi connectivity index (χ3n) is 7.56. The standard InChI is InChI=1S/C36H28N4/c1-3-27-19-17-24-18-20-29-31(22-28(4-2)38-35(29)34(24)37-27)25-13-10-14-26(21-25)36-39-32-16-9-8-15-30(32)33(40-36)23-11-6-5-7-12-23/h5-22H,3-4H2,1-2H3. The highest BCUT2D eigenvalue weighted by atomic mass is 14.9. The average Bonchev–Trinajstić information content (AvgIpc) is 3.03. The number of aryl methyl sites for hydroxylation is 2. The predicted octanol–water partition coefficient (Wildman–Crippen LogP) is 8.85. The molecule has 4 aromatic carbocycles. The first-order chi connectivity index (χ1) is 19.7. The van der Waals surface area contributed by atoms with Gasteiger partial charge in [0.2, 0.25) is 0 Å². The van der Waals surface area contributed by atoms with Crippen LogP contribution in [0.25, 0.3) is 66.5 Å². The molecule has 0 atom stereocenters. The molecule has 0 aliphatic heterocycles. The van der Waals surface area contributed by atoms with Gasteiger partial charge in [0.15, 0.2) is 5.82 Å². The Balaban J connectivity index is 1.43. The van der Waals surface area contributed by atoms with Crippen LogP contribution in [0.3, 0.4) is 0 Å². The van der Waals surface area contributed by atoms with Crippen LogP contribution in [0.5, 0.6) is 0 Å². The molecule has 192 valence electrons. The Kier molecular flexibility index (Phi) is 6.01. The van der Waals surface area contributed by atoms with Crippen molar-refractivity contribution >= 4 is 32.7 Å². The molecular formula is C36H28N4. The zero-order chi connectivity index (χ0) is 27.1. The number of fused-ring (bicyclic) bond motifs is 4. The van der Waals surface area contributed by atoms with Crippen molar-refractivity contribution in [3.05, 3.63) is 121 Å². The third kappa shape index (κ3) is 4.18. The molecule has 40 heavy (non-hydrogen) atoms. The molecule has 7 rings (SSSR count). The van der Waals surface area contributed by atoms with Crippen molar-refractivity contribution in [3.63, 3.8) is 0 Å². The summed E-state index contributed by atoms with van der Waals surface area (Å²) in [5, 5.41) is 3.27. The molecule has 0 N–H and O–H groups in total. The summed E-state index contributed by atoms with van der Waals surface area (Å²) in [4.78, 5) is 20.1. The smallest absolute Gasteiger partial charge is 0.160 e. The molecule has 0 saturated heterocycles. The van der Waals surface area contributed by atoms with E-state index in [1.807, 2.05) is 30.3 Å². The second kappa shape index (κ2) is 9.97. The lowest BCUT2D eigenvalue weighted by molar-refractivity contribution is 1.05. The average molecular weight is 517 g/mol. The van der Waals surface area contributed by atoms with E-state index in [2.05, 4.69) is 92.7 Å². The monoisotopic (exact) mass is 516 g/mol. The summed E-state index contributed by atoms with van der Waals surface area (Å²) in [5.74, 6) is 0.716. The molecule has 3 heterocycles. The van der Waals surface area contributed by atoms with Gasteiger partial charge in [0, 0.05) is 38.7 Å². The van der Waals surface area contributed by atoms with Crippen molar-refractivity contribution in [1.29, 1.82) is 0 Å². The molecule has 0 bridgehead atoms. The molecule has 0 unspecified atom stereocenters. The van der Waals surface area contributed by atoms with Crippen LogP contribution in [0.1, 0.15) is 25.2 Å². The highest BCUT2D eigenvalue weighted by Crippen LogP contribution is 2.35. The van der Waals surface area contributed by atoms with Gasteiger partial charge in [-0.2, -0.15) is 0 Å². The zero-order valence-electron chi connectivity index (χ0n) is 22.6. The molecule has 0 fully saturated rings. The van der Waals surface area contributed by atoms with Crippen molar-refractivity contribution in [1.82, 2.24) is 19.9 Å². The third-order valence-corrected chi connectivity index (χ3v) is 7.56. The van der Waals surface area contributed by atoms with Gasteiger partial charge in [-0.3, -0.25) is 9.97 Å². The van der Waals surface area contributed by atoms with Crippen LogP contribution in [-0.4, -0.2) is 19.9 Å². The number of para-hydroxylation sites is 1. The highest BCUT2D eigenvalue weighted by molar-refractivity contribution is 6.08. The van der Waals surface area contributed by atoms with E-state index in [1.165, 1.54) is 0 Å². The zero-order valence-corrected chi connectivity index (χ0v) is 22.6. The molecule has 0 amide bonds. The van der Waals surface area contributed by atoms with Gasteiger partial charge in [0.05, 0.1) is 22.2 Å². The van der Waals surface area contributed by atoms with Crippen LogP contribution in [0.4, 0.5) is 0 Å². The van der Waals surface area contributed by atoms with Crippen LogP contribution in [-0.2, 0) is 12.8 Å². The van der Waals surface area contributed by atoms with E-state index < -0.39 is 0 Å². The van der Waals surface area contributed by atoms with E-state index in [4.69, 9.17) is 19.9 Å². The molecule has 7 aromatic rings. The Morgan fingerprint density at radius 1 is 0.500 bits per heavy atom. The summed E-state index contributed by atoms with van der Waals surface area (Å²) in [5.41, 5.74) is 10.3. The van der Waals surface area contributed by atoms with E-state index in [1.54, 1.807) is 0 Å². The lowest BCUT2D eigenvalue weighted by Crippen LogP contribution is -1.97. The largest absolute Gasteiger partial charge is 0.251 e. The first kappa shape index (κ1) is 24.1. The van der Waals surface area contributed by atoms with Crippen molar-refractivity contribution in [3.8, 4) is 33.8 Å². The first-order valence-corrected chi connectivity index (χ1v) is 13.9. The Hall–Kier alpha value is -4.96. The number of nitrogens with zero attached hydrogens (tertiary/aromatic N) is 4. The molecule has 4 nitrogen and oxygen atoms in total. The van der Waals surface area contributed by atoms with Gasteiger partial charge in [0.1, 0.15) is 0 Å². The van der Waals surface area contributed by atoms with Gasteiger partial charge in [-0.15, -0.1) is 0 Å². The quantitative estimate of drug-likeness (QED) is 0.214. The van der Waals surface area contributed by atoms with Crippen LogP contribution in [0, 0.1) is 0 Å². The van der Waals surface area contributed by atoms with Crippen LogP contribution < -0.4 is 0 Å². The molecule has 0 saturated carbocycles. The molecule has 0 aliphatic rings. The van der Waals surface area contributed by atoms with Crippen molar-refractivity contribution in [2.24, 2.45) is 0 Å². The number of rotatable bonds is 5. The Morgan fingerprint density at radius 3 is 2.08 bits per heavy atom. The minimum absolute atomic E-state index is 0.716. The Labute approximate surface area is 233 Å². The maximum atomic E-state index is 5.10. The molecule has 0 spiro atoms. The summed E-state index contributed by atoms with van der Waals surface area (Å²) in [6.45, 7) is 4.29. The molecule has 3 aromatic heterocycles. The number of hydrogen-bond acceptors (Lipinski definition) is 4. The summed E-state index contributed by atoms with van der Waals surface area (Å²) in [6, 6.07) is 37.9. The van der Waals surface area contributed by atoms with E-state index in [9.17, 15) is 0 Å². The summed E-state index contributed by atoms with van der Waals surface area (Å²) < 4.78 is 0. The van der Waals surface area contributed by atoms with E-state index >= 15 is 0 Å². The molecular weight excluding hydrogens is 488 g/mol. The van der Waals surface area contributed by atoms with E-state index in [0.29, 0.717) is 5.82 Å². The number of aromatic nitrogens is 4. The van der Waals surface area contributed by atoms with Crippen LogP contribution in [0.15, 0.2) is 109 Å². The minimum Gasteiger partial charge on any atom is -0.251 e. The topological polar surface area (TPSA) is 51.6 Å². The molecule has 0 aliphatic carbocycles. The number of pyridine rings is 2.